The van der Waals surface area contributed by atoms with Crippen LogP contribution in [0.5, 0.6) is 11.5 Å². The van der Waals surface area contributed by atoms with Gasteiger partial charge in [0.2, 0.25) is 5.91 Å². The molecule has 162 valence electrons. The van der Waals surface area contributed by atoms with Crippen molar-refractivity contribution in [3.63, 3.8) is 0 Å². The smallest absolute Gasteiger partial charge is 0.237 e. The number of hydrogen-bond acceptors (Lipinski definition) is 6. The van der Waals surface area contributed by atoms with Crippen molar-refractivity contribution < 1.29 is 14.3 Å². The zero-order chi connectivity index (χ0) is 21.8. The molecule has 1 atom stereocenters. The summed E-state index contributed by atoms with van der Waals surface area (Å²) in [5.41, 5.74) is 2.24. The number of methoxy groups -OCH3 is 1. The molecule has 3 aromatic rings. The first-order valence-electron chi connectivity index (χ1n) is 10.4. The van der Waals surface area contributed by atoms with Gasteiger partial charge < -0.3 is 18.9 Å². The van der Waals surface area contributed by atoms with E-state index in [0.29, 0.717) is 29.0 Å². The predicted molar refractivity (Wildman–Crippen MR) is 121 cm³/mol. The molecule has 0 saturated carbocycles. The van der Waals surface area contributed by atoms with E-state index >= 15 is 0 Å². The summed E-state index contributed by atoms with van der Waals surface area (Å²) in [6.45, 7) is 5.38. The van der Waals surface area contributed by atoms with Crippen LogP contribution in [0.1, 0.15) is 31.3 Å². The fourth-order valence-corrected chi connectivity index (χ4v) is 4.65. The largest absolute Gasteiger partial charge is 0.493 e. The number of rotatable bonds is 8. The second kappa shape index (κ2) is 9.43. The summed E-state index contributed by atoms with van der Waals surface area (Å²) in [7, 11) is 1.62. The Bertz CT molecular complexity index is 1070. The number of thioether (sulfide) groups is 1. The molecule has 7 nitrogen and oxygen atoms in total. The molecule has 1 aliphatic rings. The van der Waals surface area contributed by atoms with Crippen molar-refractivity contribution in [2.75, 3.05) is 24.3 Å². The van der Waals surface area contributed by atoms with Crippen LogP contribution in [-0.4, -0.2) is 40.1 Å². The van der Waals surface area contributed by atoms with E-state index in [0.717, 1.165) is 24.5 Å². The minimum Gasteiger partial charge on any atom is -0.493 e. The van der Waals surface area contributed by atoms with Gasteiger partial charge in [-0.15, -0.1) is 10.2 Å². The molecular weight excluding hydrogens is 412 g/mol. The van der Waals surface area contributed by atoms with Gasteiger partial charge in [-0.3, -0.25) is 4.79 Å². The van der Waals surface area contributed by atoms with Gasteiger partial charge in [0, 0.05) is 18.8 Å². The highest BCUT2D eigenvalue weighted by Crippen LogP contribution is 2.32. The van der Waals surface area contributed by atoms with Gasteiger partial charge in [0.1, 0.15) is 0 Å². The minimum atomic E-state index is -0.320. The van der Waals surface area contributed by atoms with Crippen LogP contribution in [0.25, 0.3) is 0 Å². The van der Waals surface area contributed by atoms with Crippen LogP contribution in [0.15, 0.2) is 53.7 Å². The Hall–Kier alpha value is -3.00. The van der Waals surface area contributed by atoms with E-state index in [9.17, 15) is 4.79 Å². The highest BCUT2D eigenvalue weighted by atomic mass is 32.2. The predicted octanol–water partition coefficient (Wildman–Crippen LogP) is 4.13. The van der Waals surface area contributed by atoms with Crippen molar-refractivity contribution >= 4 is 23.4 Å². The first-order chi connectivity index (χ1) is 15.1. The average Bonchev–Trinajstić information content (AvgIpc) is 3.42. The van der Waals surface area contributed by atoms with Gasteiger partial charge in [-0.05, 0) is 44.0 Å². The van der Waals surface area contributed by atoms with E-state index in [1.807, 2.05) is 65.8 Å². The molecule has 0 bridgehead atoms. The highest BCUT2D eigenvalue weighted by Gasteiger charge is 2.25. The summed E-state index contributed by atoms with van der Waals surface area (Å²) in [4.78, 5) is 14.7. The Balaban J connectivity index is 1.44. The zero-order valence-electron chi connectivity index (χ0n) is 17.9. The molecule has 4 rings (SSSR count). The Kier molecular flexibility index (Phi) is 6.46. The number of para-hydroxylation sites is 3. The number of benzene rings is 2. The molecule has 0 aliphatic carbocycles. The number of carbonyl (C=O) groups excluding carboxylic acids is 1. The number of hydrogen-bond donors (Lipinski definition) is 0. The van der Waals surface area contributed by atoms with E-state index < -0.39 is 0 Å². The lowest BCUT2D eigenvalue weighted by atomic mass is 10.2. The van der Waals surface area contributed by atoms with Crippen molar-refractivity contribution in [2.24, 2.45) is 0 Å². The summed E-state index contributed by atoms with van der Waals surface area (Å²) >= 11 is 1.41. The minimum absolute atomic E-state index is 0.0838. The summed E-state index contributed by atoms with van der Waals surface area (Å²) in [6, 6.07) is 15.6. The Morgan fingerprint density at radius 3 is 2.65 bits per heavy atom. The number of nitrogens with zero attached hydrogens (tertiary/aromatic N) is 4. The molecule has 0 N–H and O–H groups in total. The lowest BCUT2D eigenvalue weighted by molar-refractivity contribution is -0.116. The van der Waals surface area contributed by atoms with Crippen molar-refractivity contribution in [2.45, 2.75) is 38.1 Å². The molecule has 8 heteroatoms. The second-order valence-electron chi connectivity index (χ2n) is 7.21. The maximum atomic E-state index is 12.8. The monoisotopic (exact) mass is 438 g/mol. The third-order valence-electron chi connectivity index (χ3n) is 5.31. The lowest BCUT2D eigenvalue weighted by Gasteiger charge is -2.18. The number of anilines is 1. The Labute approximate surface area is 186 Å². The van der Waals surface area contributed by atoms with Gasteiger partial charge in [-0.1, -0.05) is 42.1 Å². The first kappa shape index (κ1) is 21.2. The van der Waals surface area contributed by atoms with Gasteiger partial charge in [0.15, 0.2) is 28.6 Å². The van der Waals surface area contributed by atoms with Crippen LogP contribution in [0.4, 0.5) is 5.69 Å². The molecule has 31 heavy (non-hydrogen) atoms. The van der Waals surface area contributed by atoms with Crippen LogP contribution in [-0.2, 0) is 17.8 Å². The van der Waals surface area contributed by atoms with Crippen molar-refractivity contribution in [3.05, 3.63) is 59.9 Å². The summed E-state index contributed by atoms with van der Waals surface area (Å²) in [6.07, 6.45) is 0.582. The molecule has 2 aromatic carbocycles. The normalized spacial score (nSPS) is 13.7. The van der Waals surface area contributed by atoms with Crippen LogP contribution < -0.4 is 14.4 Å². The van der Waals surface area contributed by atoms with E-state index in [1.165, 1.54) is 17.3 Å². The SMILES string of the molecule is CCn1c(SCC(=O)N2CCc3ccccc32)nnc1C(C)Oc1ccccc1OC. The molecule has 2 heterocycles. The van der Waals surface area contributed by atoms with E-state index in [-0.39, 0.29) is 12.0 Å². The topological polar surface area (TPSA) is 69.5 Å². The van der Waals surface area contributed by atoms with E-state index in [2.05, 4.69) is 16.3 Å². The molecule has 1 amide bonds. The van der Waals surface area contributed by atoms with Gasteiger partial charge in [0.05, 0.1) is 12.9 Å². The maximum Gasteiger partial charge on any atom is 0.237 e. The number of amides is 1. The van der Waals surface area contributed by atoms with E-state index in [4.69, 9.17) is 9.47 Å². The Morgan fingerprint density at radius 2 is 1.87 bits per heavy atom. The molecule has 0 fully saturated rings. The molecule has 0 spiro atoms. The molecule has 1 aliphatic heterocycles. The number of ether oxygens (including phenoxy) is 2. The van der Waals surface area contributed by atoms with Crippen molar-refractivity contribution in [3.8, 4) is 11.5 Å². The van der Waals surface area contributed by atoms with Gasteiger partial charge in [0.25, 0.3) is 0 Å². The first-order valence-corrected chi connectivity index (χ1v) is 11.3. The van der Waals surface area contributed by atoms with Gasteiger partial charge in [-0.2, -0.15) is 0 Å². The summed E-state index contributed by atoms with van der Waals surface area (Å²) < 4.78 is 13.5. The number of carbonyl (C=O) groups is 1. The summed E-state index contributed by atoms with van der Waals surface area (Å²) in [5, 5.41) is 9.40. The highest BCUT2D eigenvalue weighted by molar-refractivity contribution is 7.99. The van der Waals surface area contributed by atoms with Crippen molar-refractivity contribution in [1.82, 2.24) is 14.8 Å². The number of aromatic nitrogens is 3. The molecule has 0 radical (unpaired) electrons. The van der Waals surface area contributed by atoms with E-state index in [1.54, 1.807) is 7.11 Å². The lowest BCUT2D eigenvalue weighted by Crippen LogP contribution is -2.30. The molecule has 1 aromatic heterocycles. The van der Waals surface area contributed by atoms with Crippen LogP contribution in [0.2, 0.25) is 0 Å². The van der Waals surface area contributed by atoms with Crippen LogP contribution in [0, 0.1) is 0 Å². The Morgan fingerprint density at radius 1 is 1.13 bits per heavy atom. The second-order valence-corrected chi connectivity index (χ2v) is 8.15. The van der Waals surface area contributed by atoms with Crippen LogP contribution in [0.3, 0.4) is 0 Å². The standard InChI is InChI=1S/C23H26N4O3S/c1-4-26-22(16(2)30-20-12-8-7-11-19(20)29-3)24-25-23(26)31-15-21(28)27-14-13-17-9-5-6-10-18(17)27/h5-12,16H,4,13-15H2,1-3H3. The number of fused-ring (bicyclic) bond motifs is 1. The van der Waals surface area contributed by atoms with Crippen LogP contribution >= 0.6 is 11.8 Å². The fourth-order valence-electron chi connectivity index (χ4n) is 3.77. The summed E-state index contributed by atoms with van der Waals surface area (Å²) in [5.74, 6) is 2.44. The van der Waals surface area contributed by atoms with Crippen molar-refractivity contribution in [1.29, 1.82) is 0 Å². The molecule has 1 unspecified atom stereocenters. The third kappa shape index (κ3) is 4.39. The molecule has 0 saturated heterocycles. The van der Waals surface area contributed by atoms with Gasteiger partial charge >= 0.3 is 0 Å². The average molecular weight is 439 g/mol. The third-order valence-corrected chi connectivity index (χ3v) is 6.26. The maximum absolute atomic E-state index is 12.8. The van der Waals surface area contributed by atoms with Gasteiger partial charge in [-0.25, -0.2) is 0 Å². The zero-order valence-corrected chi connectivity index (χ0v) is 18.8. The quantitative estimate of drug-likeness (QED) is 0.493. The fraction of sp³-hybridized carbons (Fsp3) is 0.348. The molecular formula is C23H26N4O3S.